The molecule has 0 aliphatic heterocycles. The summed E-state index contributed by atoms with van der Waals surface area (Å²) >= 11 is 1.60. The number of thioether (sulfide) groups is 1. The van der Waals surface area contributed by atoms with Crippen molar-refractivity contribution in [3.8, 4) is 0 Å². The molecule has 0 aromatic heterocycles. The van der Waals surface area contributed by atoms with Gasteiger partial charge in [0.1, 0.15) is 0 Å². The Hall–Kier alpha value is -2.27. The predicted octanol–water partition coefficient (Wildman–Crippen LogP) is 3.73. The van der Waals surface area contributed by atoms with Crippen LogP contribution in [0.25, 0.3) is 0 Å². The van der Waals surface area contributed by atoms with Crippen molar-refractivity contribution in [2.45, 2.75) is 37.8 Å². The molecule has 1 atom stereocenters. The Bertz CT molecular complexity index is 686. The molecule has 0 spiro atoms. The Balaban J connectivity index is 1.66. The highest BCUT2D eigenvalue weighted by Crippen LogP contribution is 2.19. The lowest BCUT2D eigenvalue weighted by atomic mass is 10.2. The molecule has 0 saturated heterocycles. The van der Waals surface area contributed by atoms with Crippen molar-refractivity contribution in [1.82, 2.24) is 5.32 Å². The van der Waals surface area contributed by atoms with Gasteiger partial charge in [0.05, 0.1) is 6.42 Å². The van der Waals surface area contributed by atoms with Gasteiger partial charge >= 0.3 is 5.97 Å². The summed E-state index contributed by atoms with van der Waals surface area (Å²) in [7, 11) is 0. The van der Waals surface area contributed by atoms with Crippen LogP contribution in [-0.2, 0) is 20.9 Å². The van der Waals surface area contributed by atoms with E-state index in [0.29, 0.717) is 12.3 Å². The third-order valence-corrected chi connectivity index (χ3v) is 4.60. The molecule has 0 heterocycles. The molecule has 0 aliphatic rings. The minimum Gasteiger partial charge on any atom is -0.453 e. The zero-order chi connectivity index (χ0) is 18.1. The number of carbonyl (C=O) groups is 2. The average molecular weight is 357 g/mol. The van der Waals surface area contributed by atoms with Gasteiger partial charge in [-0.05, 0) is 31.5 Å². The Kier molecular flexibility index (Phi) is 7.54. The molecule has 0 aliphatic carbocycles. The van der Waals surface area contributed by atoms with E-state index in [2.05, 4.69) is 5.32 Å². The normalized spacial score (nSPS) is 11.6. The van der Waals surface area contributed by atoms with Gasteiger partial charge in [0.2, 0.25) is 0 Å². The number of benzene rings is 2. The first-order chi connectivity index (χ1) is 12.0. The maximum absolute atomic E-state index is 12.0. The first-order valence-corrected chi connectivity index (χ1v) is 9.24. The van der Waals surface area contributed by atoms with E-state index >= 15 is 0 Å². The van der Waals surface area contributed by atoms with Crippen LogP contribution >= 0.6 is 11.8 Å². The first kappa shape index (κ1) is 19.1. The van der Waals surface area contributed by atoms with E-state index in [1.807, 2.05) is 61.5 Å². The zero-order valence-corrected chi connectivity index (χ0v) is 15.3. The van der Waals surface area contributed by atoms with E-state index in [1.54, 1.807) is 18.7 Å². The van der Waals surface area contributed by atoms with Gasteiger partial charge in [-0.1, -0.05) is 48.0 Å². The summed E-state index contributed by atoms with van der Waals surface area (Å²) in [6.07, 6.45) is -0.518. The first-order valence-electron chi connectivity index (χ1n) is 8.25. The molecule has 0 radical (unpaired) electrons. The third kappa shape index (κ3) is 7.01. The molecule has 132 valence electrons. The lowest BCUT2D eigenvalue weighted by molar-refractivity contribution is -0.154. The number of amides is 1. The van der Waals surface area contributed by atoms with Gasteiger partial charge in [-0.15, -0.1) is 11.8 Å². The van der Waals surface area contributed by atoms with Crippen LogP contribution in [0.4, 0.5) is 0 Å². The second-order valence-electron chi connectivity index (χ2n) is 5.75. The van der Waals surface area contributed by atoms with E-state index in [9.17, 15) is 9.59 Å². The molecule has 0 bridgehead atoms. The quantitative estimate of drug-likeness (QED) is 0.578. The molecule has 0 fully saturated rings. The SMILES string of the molecule is Cc1ccc(SCCC(=O)OC(C)C(=O)NCc2ccccc2)cc1. The number of carbonyl (C=O) groups excluding carboxylic acids is 2. The summed E-state index contributed by atoms with van der Waals surface area (Å²) in [6, 6.07) is 17.8. The molecule has 1 N–H and O–H groups in total. The molecule has 2 aromatic rings. The Morgan fingerprint density at radius 1 is 1.08 bits per heavy atom. The third-order valence-electron chi connectivity index (χ3n) is 3.58. The summed E-state index contributed by atoms with van der Waals surface area (Å²) in [5.74, 6) is -0.0226. The van der Waals surface area contributed by atoms with Crippen LogP contribution in [0.3, 0.4) is 0 Å². The summed E-state index contributed by atoms with van der Waals surface area (Å²) < 4.78 is 5.19. The maximum Gasteiger partial charge on any atom is 0.307 e. The van der Waals surface area contributed by atoms with Crippen molar-refractivity contribution in [3.63, 3.8) is 0 Å². The van der Waals surface area contributed by atoms with Gasteiger partial charge < -0.3 is 10.1 Å². The number of ether oxygens (including phenoxy) is 1. The lowest BCUT2D eigenvalue weighted by Crippen LogP contribution is -2.35. The minimum atomic E-state index is -0.791. The van der Waals surface area contributed by atoms with E-state index in [4.69, 9.17) is 4.74 Å². The largest absolute Gasteiger partial charge is 0.453 e. The Morgan fingerprint density at radius 3 is 2.44 bits per heavy atom. The number of nitrogens with one attached hydrogen (secondary N) is 1. The molecular formula is C20H23NO3S. The average Bonchev–Trinajstić information content (AvgIpc) is 2.62. The fourth-order valence-corrected chi connectivity index (χ4v) is 2.96. The van der Waals surface area contributed by atoms with Gasteiger partial charge in [-0.25, -0.2) is 0 Å². The van der Waals surface area contributed by atoms with Gasteiger partial charge in [0.25, 0.3) is 5.91 Å². The van der Waals surface area contributed by atoms with Crippen LogP contribution in [-0.4, -0.2) is 23.7 Å². The summed E-state index contributed by atoms with van der Waals surface area (Å²) in [4.78, 5) is 25.0. The predicted molar refractivity (Wildman–Crippen MR) is 100 cm³/mol. The molecule has 1 unspecified atom stereocenters. The highest BCUT2D eigenvalue weighted by atomic mass is 32.2. The smallest absolute Gasteiger partial charge is 0.307 e. The number of aryl methyl sites for hydroxylation is 1. The monoisotopic (exact) mass is 357 g/mol. The van der Waals surface area contributed by atoms with Crippen LogP contribution in [0.15, 0.2) is 59.5 Å². The molecule has 4 nitrogen and oxygen atoms in total. The zero-order valence-electron chi connectivity index (χ0n) is 14.5. The van der Waals surface area contributed by atoms with E-state index in [0.717, 1.165) is 10.5 Å². The fraction of sp³-hybridized carbons (Fsp3) is 0.300. The minimum absolute atomic E-state index is 0.273. The number of rotatable bonds is 8. The molecule has 2 rings (SSSR count). The van der Waals surface area contributed by atoms with Crippen molar-refractivity contribution >= 4 is 23.6 Å². The van der Waals surface area contributed by atoms with Gasteiger partial charge in [0, 0.05) is 17.2 Å². The van der Waals surface area contributed by atoms with Crippen molar-refractivity contribution < 1.29 is 14.3 Å². The number of esters is 1. The highest BCUT2D eigenvalue weighted by molar-refractivity contribution is 7.99. The Morgan fingerprint density at radius 2 is 1.76 bits per heavy atom. The van der Waals surface area contributed by atoms with Crippen molar-refractivity contribution in [3.05, 3.63) is 65.7 Å². The Labute approximate surface area is 153 Å². The molecule has 5 heteroatoms. The van der Waals surface area contributed by atoms with Crippen molar-refractivity contribution in [1.29, 1.82) is 0 Å². The standard InChI is InChI=1S/C20H23NO3S/c1-15-8-10-18(11-9-15)25-13-12-19(22)24-16(2)20(23)21-14-17-6-4-3-5-7-17/h3-11,16H,12-14H2,1-2H3,(H,21,23). The van der Waals surface area contributed by atoms with Crippen LogP contribution in [0.5, 0.6) is 0 Å². The topological polar surface area (TPSA) is 55.4 Å². The van der Waals surface area contributed by atoms with Gasteiger partial charge in [0.15, 0.2) is 6.10 Å². The number of hydrogen-bond acceptors (Lipinski definition) is 4. The second-order valence-corrected chi connectivity index (χ2v) is 6.92. The maximum atomic E-state index is 12.0. The fourth-order valence-electron chi connectivity index (χ4n) is 2.13. The van der Waals surface area contributed by atoms with Gasteiger partial charge in [-0.3, -0.25) is 9.59 Å². The number of hydrogen-bond donors (Lipinski definition) is 1. The second kappa shape index (κ2) is 9.89. The van der Waals surface area contributed by atoms with Crippen molar-refractivity contribution in [2.24, 2.45) is 0 Å². The van der Waals surface area contributed by atoms with Crippen LogP contribution < -0.4 is 5.32 Å². The molecule has 0 saturated carbocycles. The van der Waals surface area contributed by atoms with Crippen LogP contribution in [0.1, 0.15) is 24.5 Å². The van der Waals surface area contributed by atoms with E-state index in [-0.39, 0.29) is 18.3 Å². The van der Waals surface area contributed by atoms with Gasteiger partial charge in [-0.2, -0.15) is 0 Å². The molecule has 25 heavy (non-hydrogen) atoms. The van der Waals surface area contributed by atoms with E-state index in [1.165, 1.54) is 5.56 Å². The molecule has 1 amide bonds. The highest BCUT2D eigenvalue weighted by Gasteiger charge is 2.17. The van der Waals surface area contributed by atoms with Crippen molar-refractivity contribution in [2.75, 3.05) is 5.75 Å². The lowest BCUT2D eigenvalue weighted by Gasteiger charge is -2.13. The summed E-state index contributed by atoms with van der Waals surface area (Å²) in [6.45, 7) is 4.05. The summed E-state index contributed by atoms with van der Waals surface area (Å²) in [5, 5.41) is 2.77. The van der Waals surface area contributed by atoms with Crippen LogP contribution in [0.2, 0.25) is 0 Å². The van der Waals surface area contributed by atoms with Crippen LogP contribution in [0, 0.1) is 6.92 Å². The molecular weight excluding hydrogens is 334 g/mol. The molecule has 2 aromatic carbocycles. The van der Waals surface area contributed by atoms with E-state index < -0.39 is 6.10 Å². The summed E-state index contributed by atoms with van der Waals surface area (Å²) in [5.41, 5.74) is 2.21.